The molecule has 0 aliphatic rings. The number of rotatable bonds is 0. The van der Waals surface area contributed by atoms with Gasteiger partial charge in [-0.05, 0) is 0 Å². The van der Waals surface area contributed by atoms with Crippen LogP contribution in [-0.4, -0.2) is 9.91 Å². The Hall–Kier alpha value is 0.110. The lowest BCUT2D eigenvalue weighted by atomic mass is 10.3. The van der Waals surface area contributed by atoms with E-state index < -0.39 is 0 Å². The van der Waals surface area contributed by atoms with Crippen LogP contribution < -0.4 is 5.73 Å². The third-order valence-corrected chi connectivity index (χ3v) is 1.25. The SMILES string of the molecule is CC(C)(C)SC(=N)N.Cl. The van der Waals surface area contributed by atoms with E-state index in [1.807, 2.05) is 20.8 Å². The molecule has 0 rings (SSSR count). The van der Waals surface area contributed by atoms with Crippen LogP contribution in [0.15, 0.2) is 0 Å². The van der Waals surface area contributed by atoms with E-state index in [0.717, 1.165) is 0 Å². The lowest BCUT2D eigenvalue weighted by Gasteiger charge is -2.14. The second-order valence-corrected chi connectivity index (χ2v) is 4.45. The fourth-order valence-corrected chi connectivity index (χ4v) is 0.990. The molecule has 2 nitrogen and oxygen atoms in total. The highest BCUT2D eigenvalue weighted by Crippen LogP contribution is 2.21. The van der Waals surface area contributed by atoms with Gasteiger partial charge in [-0.25, -0.2) is 0 Å². The third-order valence-electron chi connectivity index (χ3n) is 0.416. The molecule has 4 heteroatoms. The summed E-state index contributed by atoms with van der Waals surface area (Å²) in [5.74, 6) is 0. The molecule has 0 heterocycles. The van der Waals surface area contributed by atoms with Crippen molar-refractivity contribution in [1.82, 2.24) is 0 Å². The highest BCUT2D eigenvalue weighted by molar-refractivity contribution is 8.14. The van der Waals surface area contributed by atoms with Crippen molar-refractivity contribution in [3.63, 3.8) is 0 Å². The van der Waals surface area contributed by atoms with Gasteiger partial charge in [0.25, 0.3) is 0 Å². The number of amidine groups is 1. The first-order chi connectivity index (χ1) is 3.42. The van der Waals surface area contributed by atoms with Crippen LogP contribution in [0.4, 0.5) is 0 Å². The van der Waals surface area contributed by atoms with Crippen molar-refractivity contribution in [1.29, 1.82) is 5.41 Å². The molecular weight excluding hydrogens is 156 g/mol. The predicted molar refractivity (Wildman–Crippen MR) is 46.5 cm³/mol. The number of thioether (sulfide) groups is 1. The molecule has 0 aliphatic heterocycles. The Labute approximate surface area is 66.5 Å². The van der Waals surface area contributed by atoms with Crippen LogP contribution in [0.1, 0.15) is 20.8 Å². The predicted octanol–water partition coefficient (Wildman–Crippen LogP) is 1.83. The van der Waals surface area contributed by atoms with Crippen molar-refractivity contribution < 1.29 is 0 Å². The van der Waals surface area contributed by atoms with E-state index in [1.165, 1.54) is 11.8 Å². The minimum atomic E-state index is 0. The fraction of sp³-hybridized carbons (Fsp3) is 0.800. The van der Waals surface area contributed by atoms with Gasteiger partial charge in [0.1, 0.15) is 0 Å². The number of hydrogen-bond acceptors (Lipinski definition) is 2. The van der Waals surface area contributed by atoms with Gasteiger partial charge in [0.15, 0.2) is 5.17 Å². The first kappa shape index (κ1) is 11.9. The summed E-state index contributed by atoms with van der Waals surface area (Å²) in [6.07, 6.45) is 0. The van der Waals surface area contributed by atoms with Crippen LogP contribution in [-0.2, 0) is 0 Å². The van der Waals surface area contributed by atoms with Gasteiger partial charge >= 0.3 is 0 Å². The third kappa shape index (κ3) is 11.6. The van der Waals surface area contributed by atoms with Crippen molar-refractivity contribution in [3.05, 3.63) is 0 Å². The summed E-state index contributed by atoms with van der Waals surface area (Å²) in [6, 6.07) is 0. The molecule has 0 aromatic heterocycles. The summed E-state index contributed by atoms with van der Waals surface area (Å²) in [5.41, 5.74) is 5.12. The van der Waals surface area contributed by atoms with Crippen molar-refractivity contribution in [3.8, 4) is 0 Å². The van der Waals surface area contributed by atoms with Crippen LogP contribution in [0.2, 0.25) is 0 Å². The number of nitrogens with one attached hydrogen (secondary N) is 1. The average molecular weight is 169 g/mol. The van der Waals surface area contributed by atoms with Gasteiger partial charge < -0.3 is 5.73 Å². The Morgan fingerprint density at radius 2 is 1.78 bits per heavy atom. The molecule has 0 saturated heterocycles. The fourth-order valence-electron chi connectivity index (χ4n) is 0.330. The molecule has 9 heavy (non-hydrogen) atoms. The zero-order valence-corrected chi connectivity index (χ0v) is 7.53. The maximum atomic E-state index is 6.89. The normalized spacial score (nSPS) is 10.1. The van der Waals surface area contributed by atoms with Crippen molar-refractivity contribution in [2.75, 3.05) is 0 Å². The summed E-state index contributed by atoms with van der Waals surface area (Å²) in [4.78, 5) is 0. The van der Waals surface area contributed by atoms with E-state index in [4.69, 9.17) is 11.1 Å². The summed E-state index contributed by atoms with van der Waals surface area (Å²) in [7, 11) is 0. The van der Waals surface area contributed by atoms with Crippen LogP contribution in [0, 0.1) is 5.41 Å². The molecule has 0 amide bonds. The molecule has 0 bridgehead atoms. The zero-order chi connectivity index (χ0) is 6.78. The standard InChI is InChI=1S/C5H12N2S.ClH/c1-5(2,3)8-4(6)7;/h1-3H3,(H3,6,7);1H. The topological polar surface area (TPSA) is 49.9 Å². The Kier molecular flexibility index (Phi) is 5.28. The molecular formula is C5H13ClN2S. The molecule has 0 spiro atoms. The van der Waals surface area contributed by atoms with Gasteiger partial charge in [0, 0.05) is 4.75 Å². The first-order valence-corrected chi connectivity index (χ1v) is 3.26. The first-order valence-electron chi connectivity index (χ1n) is 2.45. The molecule has 0 atom stereocenters. The van der Waals surface area contributed by atoms with E-state index >= 15 is 0 Å². The Morgan fingerprint density at radius 3 is 1.78 bits per heavy atom. The minimum absolute atomic E-state index is 0. The second kappa shape index (κ2) is 4.01. The van der Waals surface area contributed by atoms with E-state index in [0.29, 0.717) is 0 Å². The number of halogens is 1. The van der Waals surface area contributed by atoms with Crippen molar-refractivity contribution >= 4 is 29.3 Å². The van der Waals surface area contributed by atoms with Gasteiger partial charge in [0.2, 0.25) is 0 Å². The quantitative estimate of drug-likeness (QED) is 0.429. The Bertz CT molecular complexity index is 97.6. The maximum Gasteiger partial charge on any atom is 0.151 e. The molecule has 0 fully saturated rings. The minimum Gasteiger partial charge on any atom is -0.379 e. The highest BCUT2D eigenvalue weighted by Gasteiger charge is 2.11. The van der Waals surface area contributed by atoms with Gasteiger partial charge in [-0.3, -0.25) is 5.41 Å². The van der Waals surface area contributed by atoms with E-state index in [1.54, 1.807) is 0 Å². The Morgan fingerprint density at radius 1 is 1.44 bits per heavy atom. The van der Waals surface area contributed by atoms with Gasteiger partial charge in [-0.2, -0.15) is 0 Å². The van der Waals surface area contributed by atoms with Gasteiger partial charge in [-0.1, -0.05) is 32.5 Å². The molecule has 0 aromatic carbocycles. The van der Waals surface area contributed by atoms with Crippen LogP contribution in [0.3, 0.4) is 0 Å². The summed E-state index contributed by atoms with van der Waals surface area (Å²) in [6.45, 7) is 6.08. The maximum absolute atomic E-state index is 6.89. The molecule has 0 aromatic rings. The molecule has 0 unspecified atom stereocenters. The molecule has 3 N–H and O–H groups in total. The molecule has 56 valence electrons. The van der Waals surface area contributed by atoms with Gasteiger partial charge in [-0.15, -0.1) is 12.4 Å². The lowest BCUT2D eigenvalue weighted by molar-refractivity contribution is 0.808. The van der Waals surface area contributed by atoms with Crippen LogP contribution in [0.25, 0.3) is 0 Å². The zero-order valence-electron chi connectivity index (χ0n) is 5.89. The van der Waals surface area contributed by atoms with E-state index in [-0.39, 0.29) is 22.3 Å². The smallest absolute Gasteiger partial charge is 0.151 e. The largest absolute Gasteiger partial charge is 0.379 e. The van der Waals surface area contributed by atoms with E-state index in [2.05, 4.69) is 0 Å². The molecule has 0 saturated carbocycles. The summed E-state index contributed by atoms with van der Waals surface area (Å²) in [5, 5.41) is 7.08. The second-order valence-electron chi connectivity index (χ2n) is 2.58. The summed E-state index contributed by atoms with van der Waals surface area (Å²) < 4.78 is 0.0891. The van der Waals surface area contributed by atoms with Crippen LogP contribution in [0.5, 0.6) is 0 Å². The lowest BCUT2D eigenvalue weighted by Crippen LogP contribution is -2.16. The van der Waals surface area contributed by atoms with E-state index in [9.17, 15) is 0 Å². The Balaban J connectivity index is 0. The average Bonchev–Trinajstić information content (AvgIpc) is 1.21. The molecule has 0 radical (unpaired) electrons. The highest BCUT2D eigenvalue weighted by atomic mass is 35.5. The number of nitrogens with two attached hydrogens (primary N) is 1. The summed E-state index contributed by atoms with van der Waals surface area (Å²) >= 11 is 1.37. The van der Waals surface area contributed by atoms with Crippen LogP contribution >= 0.6 is 24.2 Å². The number of hydrogen-bond donors (Lipinski definition) is 2. The van der Waals surface area contributed by atoms with Gasteiger partial charge in [0.05, 0.1) is 0 Å². The van der Waals surface area contributed by atoms with Crippen molar-refractivity contribution in [2.45, 2.75) is 25.5 Å². The monoisotopic (exact) mass is 168 g/mol. The molecule has 0 aliphatic carbocycles. The van der Waals surface area contributed by atoms with Crippen molar-refractivity contribution in [2.24, 2.45) is 5.73 Å².